The molecule has 1 saturated carbocycles. The van der Waals surface area contributed by atoms with Gasteiger partial charge in [-0.05, 0) is 35.6 Å². The van der Waals surface area contributed by atoms with Crippen molar-refractivity contribution in [2.45, 2.75) is 25.7 Å². The molecule has 1 atom stereocenters. The van der Waals surface area contributed by atoms with E-state index in [2.05, 4.69) is 0 Å². The first-order valence-corrected chi connectivity index (χ1v) is 5.68. The van der Waals surface area contributed by atoms with Crippen molar-refractivity contribution in [1.82, 2.24) is 0 Å². The second-order valence-corrected chi connectivity index (χ2v) is 5.44. The van der Waals surface area contributed by atoms with Gasteiger partial charge in [-0.25, -0.2) is 0 Å². The quantitative estimate of drug-likeness (QED) is 0.862. The summed E-state index contributed by atoms with van der Waals surface area (Å²) in [4.78, 5) is 11.6. The van der Waals surface area contributed by atoms with E-state index in [0.29, 0.717) is 6.42 Å². The van der Waals surface area contributed by atoms with Crippen LogP contribution in [-0.4, -0.2) is 11.1 Å². The van der Waals surface area contributed by atoms with E-state index in [1.54, 1.807) is 6.26 Å². The molecule has 0 spiro atoms. The van der Waals surface area contributed by atoms with Crippen molar-refractivity contribution in [2.24, 2.45) is 5.41 Å². The molecule has 0 aliphatic heterocycles. The van der Waals surface area contributed by atoms with E-state index < -0.39 is 11.4 Å². The van der Waals surface area contributed by atoms with E-state index in [1.165, 1.54) is 0 Å². The Morgan fingerprint density at radius 1 is 1.35 bits per heavy atom. The molecule has 2 aromatic rings. The summed E-state index contributed by atoms with van der Waals surface area (Å²) < 4.78 is 5.27. The molecule has 3 nitrogen and oxygen atoms in total. The van der Waals surface area contributed by atoms with Crippen LogP contribution in [0.25, 0.3) is 11.0 Å². The van der Waals surface area contributed by atoms with E-state index in [0.717, 1.165) is 16.5 Å². The van der Waals surface area contributed by atoms with Crippen LogP contribution in [0.3, 0.4) is 0 Å². The van der Waals surface area contributed by atoms with Crippen LogP contribution in [0.1, 0.15) is 25.8 Å². The Morgan fingerprint density at radius 3 is 2.65 bits per heavy atom. The number of aliphatic carboxylic acids is 1. The van der Waals surface area contributed by atoms with Crippen LogP contribution >= 0.6 is 0 Å². The molecule has 0 saturated heterocycles. The maximum absolute atomic E-state index is 11.6. The van der Waals surface area contributed by atoms with Gasteiger partial charge in [0.15, 0.2) is 0 Å². The maximum atomic E-state index is 11.6. The fourth-order valence-electron chi connectivity index (χ4n) is 2.83. The molecular formula is C14H14O3. The molecule has 0 bridgehead atoms. The van der Waals surface area contributed by atoms with Gasteiger partial charge in [-0.3, -0.25) is 4.79 Å². The first-order valence-electron chi connectivity index (χ1n) is 5.68. The van der Waals surface area contributed by atoms with Crippen LogP contribution in [0.2, 0.25) is 0 Å². The van der Waals surface area contributed by atoms with Gasteiger partial charge in [0.2, 0.25) is 0 Å². The molecule has 3 heteroatoms. The predicted molar refractivity (Wildman–Crippen MR) is 63.9 cm³/mol. The number of carboxylic acid groups (broad SMARTS) is 1. The lowest BCUT2D eigenvalue weighted by Crippen LogP contribution is -2.25. The lowest BCUT2D eigenvalue weighted by atomic mass is 9.87. The molecular weight excluding hydrogens is 216 g/mol. The monoisotopic (exact) mass is 230 g/mol. The Kier molecular flexibility index (Phi) is 1.78. The summed E-state index contributed by atoms with van der Waals surface area (Å²) in [6.07, 6.45) is 2.32. The van der Waals surface area contributed by atoms with Crippen molar-refractivity contribution in [3.8, 4) is 0 Å². The Balaban J connectivity index is 2.17. The Hall–Kier alpha value is -1.77. The van der Waals surface area contributed by atoms with Crippen LogP contribution in [-0.2, 0) is 10.2 Å². The summed E-state index contributed by atoms with van der Waals surface area (Å²) in [7, 11) is 0. The number of fused-ring (bicyclic) bond motifs is 1. The third-order valence-electron chi connectivity index (χ3n) is 4.05. The highest BCUT2D eigenvalue weighted by atomic mass is 16.4. The fourth-order valence-corrected chi connectivity index (χ4v) is 2.83. The summed E-state index contributed by atoms with van der Waals surface area (Å²) in [5, 5.41) is 10.5. The van der Waals surface area contributed by atoms with Crippen LogP contribution in [0.4, 0.5) is 0 Å². The lowest BCUT2D eigenvalue weighted by molar-refractivity contribution is -0.141. The van der Waals surface area contributed by atoms with Crippen molar-refractivity contribution < 1.29 is 14.3 Å². The number of hydrogen-bond acceptors (Lipinski definition) is 2. The molecule has 1 aliphatic rings. The SMILES string of the molecule is CC1(C)CC1(C(=O)O)c1ccc2occc2c1. The highest BCUT2D eigenvalue weighted by molar-refractivity contribution is 5.89. The van der Waals surface area contributed by atoms with Gasteiger partial charge in [-0.15, -0.1) is 0 Å². The average Bonchev–Trinajstić information content (AvgIpc) is 2.67. The average molecular weight is 230 g/mol. The minimum Gasteiger partial charge on any atom is -0.481 e. The summed E-state index contributed by atoms with van der Waals surface area (Å²) in [6.45, 7) is 4.00. The van der Waals surface area contributed by atoms with Gasteiger partial charge in [-0.2, -0.15) is 0 Å². The summed E-state index contributed by atoms with van der Waals surface area (Å²) >= 11 is 0. The number of benzene rings is 1. The zero-order valence-electron chi connectivity index (χ0n) is 9.86. The molecule has 1 fully saturated rings. The standard InChI is InChI=1S/C14H14O3/c1-13(2)8-14(13,12(15)16)10-3-4-11-9(7-10)5-6-17-11/h3-7H,8H2,1-2H3,(H,15,16). The second kappa shape index (κ2) is 2.92. The van der Waals surface area contributed by atoms with Crippen molar-refractivity contribution in [3.05, 3.63) is 36.1 Å². The second-order valence-electron chi connectivity index (χ2n) is 5.44. The van der Waals surface area contributed by atoms with E-state index in [9.17, 15) is 9.90 Å². The van der Waals surface area contributed by atoms with Gasteiger partial charge < -0.3 is 9.52 Å². The third kappa shape index (κ3) is 1.19. The summed E-state index contributed by atoms with van der Waals surface area (Å²) in [5.41, 5.74) is 0.783. The number of hydrogen-bond donors (Lipinski definition) is 1. The van der Waals surface area contributed by atoms with Crippen LogP contribution in [0.5, 0.6) is 0 Å². The van der Waals surface area contributed by atoms with Gasteiger partial charge in [0.25, 0.3) is 0 Å². The smallest absolute Gasteiger partial charge is 0.314 e. The first-order chi connectivity index (χ1) is 7.97. The third-order valence-corrected chi connectivity index (χ3v) is 4.05. The minimum atomic E-state index is -0.731. The van der Waals surface area contributed by atoms with Crippen molar-refractivity contribution >= 4 is 16.9 Å². The molecule has 3 rings (SSSR count). The van der Waals surface area contributed by atoms with Crippen molar-refractivity contribution in [3.63, 3.8) is 0 Å². The van der Waals surface area contributed by atoms with Gasteiger partial charge in [-0.1, -0.05) is 19.9 Å². The number of rotatable bonds is 2. The Labute approximate surface area is 99.0 Å². The molecule has 1 heterocycles. The number of carboxylic acids is 1. The van der Waals surface area contributed by atoms with Crippen molar-refractivity contribution in [1.29, 1.82) is 0 Å². The maximum Gasteiger partial charge on any atom is 0.314 e. The van der Waals surface area contributed by atoms with Crippen molar-refractivity contribution in [2.75, 3.05) is 0 Å². The Morgan fingerprint density at radius 2 is 2.06 bits per heavy atom. The predicted octanol–water partition coefficient (Wildman–Crippen LogP) is 3.19. The number of carbonyl (C=O) groups is 1. The molecule has 0 amide bonds. The highest BCUT2D eigenvalue weighted by Gasteiger charge is 2.67. The van der Waals surface area contributed by atoms with Crippen LogP contribution < -0.4 is 0 Å². The molecule has 1 aliphatic carbocycles. The first kappa shape index (κ1) is 10.4. The van der Waals surface area contributed by atoms with E-state index in [4.69, 9.17) is 4.42 Å². The normalized spacial score (nSPS) is 26.0. The zero-order chi connectivity index (χ0) is 12.3. The molecule has 1 N–H and O–H groups in total. The highest BCUT2D eigenvalue weighted by Crippen LogP contribution is 2.64. The van der Waals surface area contributed by atoms with E-state index >= 15 is 0 Å². The number of furan rings is 1. The summed E-state index contributed by atoms with van der Waals surface area (Å²) in [6, 6.07) is 7.52. The molecule has 1 aromatic heterocycles. The molecule has 1 unspecified atom stereocenters. The van der Waals surface area contributed by atoms with Gasteiger partial charge in [0, 0.05) is 5.39 Å². The largest absolute Gasteiger partial charge is 0.481 e. The summed E-state index contributed by atoms with van der Waals surface area (Å²) in [5.74, 6) is -0.731. The zero-order valence-corrected chi connectivity index (χ0v) is 9.86. The molecule has 1 aromatic carbocycles. The molecule has 17 heavy (non-hydrogen) atoms. The van der Waals surface area contributed by atoms with Crippen LogP contribution in [0, 0.1) is 5.41 Å². The van der Waals surface area contributed by atoms with Gasteiger partial charge >= 0.3 is 5.97 Å². The molecule has 0 radical (unpaired) electrons. The van der Waals surface area contributed by atoms with Gasteiger partial charge in [0.05, 0.1) is 11.7 Å². The fraction of sp³-hybridized carbons (Fsp3) is 0.357. The van der Waals surface area contributed by atoms with Crippen LogP contribution in [0.15, 0.2) is 34.9 Å². The van der Waals surface area contributed by atoms with Gasteiger partial charge in [0.1, 0.15) is 5.58 Å². The van der Waals surface area contributed by atoms with E-state index in [1.807, 2.05) is 38.1 Å². The van der Waals surface area contributed by atoms with E-state index in [-0.39, 0.29) is 5.41 Å². The minimum absolute atomic E-state index is 0.170. The molecule has 88 valence electrons. The lowest BCUT2D eigenvalue weighted by Gasteiger charge is -2.16. The Bertz CT molecular complexity index is 609. The topological polar surface area (TPSA) is 50.4 Å².